The van der Waals surface area contributed by atoms with Gasteiger partial charge in [-0.15, -0.1) is 0 Å². The van der Waals surface area contributed by atoms with E-state index in [9.17, 15) is 0 Å². The maximum Gasteiger partial charge on any atom is 0.164 e. The average Bonchev–Trinajstić information content (AvgIpc) is 2.87. The Morgan fingerprint density at radius 2 is 2.06 bits per heavy atom. The fourth-order valence-electron chi connectivity index (χ4n) is 1.73. The van der Waals surface area contributed by atoms with Crippen LogP contribution in [0.15, 0.2) is 18.5 Å². The minimum absolute atomic E-state index is 0.741. The molecule has 0 aliphatic rings. The van der Waals surface area contributed by atoms with Gasteiger partial charge in [0.25, 0.3) is 0 Å². The lowest BCUT2D eigenvalue weighted by Crippen LogP contribution is -2.03. The van der Waals surface area contributed by atoms with Crippen molar-refractivity contribution in [2.75, 3.05) is 11.9 Å². The van der Waals surface area contributed by atoms with E-state index in [1.54, 1.807) is 0 Å². The molecule has 0 aromatic carbocycles. The van der Waals surface area contributed by atoms with Crippen molar-refractivity contribution in [2.45, 2.75) is 33.7 Å². The maximum atomic E-state index is 4.55. The van der Waals surface area contributed by atoms with E-state index in [0.717, 1.165) is 42.4 Å². The van der Waals surface area contributed by atoms with E-state index >= 15 is 0 Å². The molecule has 2 rings (SSSR count). The van der Waals surface area contributed by atoms with Crippen LogP contribution >= 0.6 is 0 Å². The molecule has 5 heteroatoms. The SMILES string of the molecule is CCNc1cc(CC)nc(-c2cnn(CC)c2)n1. The quantitative estimate of drug-likeness (QED) is 0.878. The number of anilines is 1. The highest BCUT2D eigenvalue weighted by atomic mass is 15.3. The number of nitrogens with one attached hydrogen (secondary N) is 1. The van der Waals surface area contributed by atoms with Crippen LogP contribution in [0.4, 0.5) is 5.82 Å². The molecule has 0 spiro atoms. The lowest BCUT2D eigenvalue weighted by atomic mass is 10.2. The number of aryl methyl sites for hydroxylation is 2. The van der Waals surface area contributed by atoms with Gasteiger partial charge in [0.1, 0.15) is 5.82 Å². The molecular formula is C13H19N5. The number of rotatable bonds is 5. The zero-order valence-corrected chi connectivity index (χ0v) is 11.1. The second-order valence-electron chi connectivity index (χ2n) is 4.04. The molecule has 2 aromatic heterocycles. The van der Waals surface area contributed by atoms with Gasteiger partial charge in [0.15, 0.2) is 5.82 Å². The molecule has 0 amide bonds. The molecule has 0 radical (unpaired) electrons. The van der Waals surface area contributed by atoms with Crippen LogP contribution in [0.25, 0.3) is 11.4 Å². The van der Waals surface area contributed by atoms with E-state index in [1.165, 1.54) is 0 Å². The summed E-state index contributed by atoms with van der Waals surface area (Å²) in [7, 11) is 0. The van der Waals surface area contributed by atoms with E-state index in [0.29, 0.717) is 0 Å². The largest absolute Gasteiger partial charge is 0.370 e. The lowest BCUT2D eigenvalue weighted by Gasteiger charge is -2.06. The predicted molar refractivity (Wildman–Crippen MR) is 72.5 cm³/mol. The second-order valence-corrected chi connectivity index (χ2v) is 4.04. The van der Waals surface area contributed by atoms with Crippen LogP contribution in [0.1, 0.15) is 26.5 Å². The summed E-state index contributed by atoms with van der Waals surface area (Å²) < 4.78 is 1.88. The Labute approximate surface area is 107 Å². The van der Waals surface area contributed by atoms with Crippen LogP contribution in [0.3, 0.4) is 0 Å². The van der Waals surface area contributed by atoms with Gasteiger partial charge < -0.3 is 5.32 Å². The Bertz CT molecular complexity index is 518. The molecular weight excluding hydrogens is 226 g/mol. The number of hydrogen-bond donors (Lipinski definition) is 1. The summed E-state index contributed by atoms with van der Waals surface area (Å²) in [5.74, 6) is 1.62. The fourth-order valence-corrected chi connectivity index (χ4v) is 1.73. The van der Waals surface area contributed by atoms with Gasteiger partial charge in [0, 0.05) is 31.0 Å². The van der Waals surface area contributed by atoms with Gasteiger partial charge in [0.2, 0.25) is 0 Å². The minimum Gasteiger partial charge on any atom is -0.370 e. The Balaban J connectivity index is 2.39. The number of nitrogens with zero attached hydrogens (tertiary/aromatic N) is 4. The first kappa shape index (κ1) is 12.5. The van der Waals surface area contributed by atoms with Crippen molar-refractivity contribution in [3.63, 3.8) is 0 Å². The van der Waals surface area contributed by atoms with Crippen molar-refractivity contribution in [2.24, 2.45) is 0 Å². The molecule has 96 valence electrons. The standard InChI is InChI=1S/C13H19N5/c1-4-11-7-12(14-5-2)17-13(16-11)10-8-15-18(6-3)9-10/h7-9H,4-6H2,1-3H3,(H,14,16,17). The molecule has 5 nitrogen and oxygen atoms in total. The molecule has 0 saturated carbocycles. The molecule has 2 heterocycles. The predicted octanol–water partition coefficient (Wildman–Crippen LogP) is 2.35. The third kappa shape index (κ3) is 2.67. The highest BCUT2D eigenvalue weighted by Crippen LogP contribution is 2.17. The van der Waals surface area contributed by atoms with Gasteiger partial charge in [-0.1, -0.05) is 6.92 Å². The van der Waals surface area contributed by atoms with Crippen LogP contribution in [-0.4, -0.2) is 26.3 Å². The van der Waals surface area contributed by atoms with Gasteiger partial charge >= 0.3 is 0 Å². The molecule has 0 saturated heterocycles. The zero-order chi connectivity index (χ0) is 13.0. The summed E-state index contributed by atoms with van der Waals surface area (Å²) in [6.45, 7) is 7.92. The normalized spacial score (nSPS) is 10.6. The Morgan fingerprint density at radius 3 is 2.67 bits per heavy atom. The van der Waals surface area contributed by atoms with E-state index in [2.05, 4.69) is 41.2 Å². The molecule has 0 aliphatic heterocycles. The molecule has 18 heavy (non-hydrogen) atoms. The first-order chi connectivity index (χ1) is 8.76. The zero-order valence-electron chi connectivity index (χ0n) is 11.1. The highest BCUT2D eigenvalue weighted by Gasteiger charge is 2.07. The van der Waals surface area contributed by atoms with E-state index < -0.39 is 0 Å². The van der Waals surface area contributed by atoms with Crippen LogP contribution in [0, 0.1) is 0 Å². The smallest absolute Gasteiger partial charge is 0.164 e. The van der Waals surface area contributed by atoms with Crippen LogP contribution < -0.4 is 5.32 Å². The van der Waals surface area contributed by atoms with Gasteiger partial charge in [-0.25, -0.2) is 9.97 Å². The van der Waals surface area contributed by atoms with Crippen molar-refractivity contribution >= 4 is 5.82 Å². The van der Waals surface area contributed by atoms with Crippen molar-refractivity contribution in [3.05, 3.63) is 24.2 Å². The summed E-state index contributed by atoms with van der Waals surface area (Å²) >= 11 is 0. The molecule has 0 bridgehead atoms. The maximum absolute atomic E-state index is 4.55. The Kier molecular flexibility index (Phi) is 3.92. The summed E-state index contributed by atoms with van der Waals surface area (Å²) in [6, 6.07) is 2.00. The highest BCUT2D eigenvalue weighted by molar-refractivity contribution is 5.55. The van der Waals surface area contributed by atoms with Gasteiger partial charge in [-0.3, -0.25) is 4.68 Å². The number of aromatic nitrogens is 4. The molecule has 1 N–H and O–H groups in total. The monoisotopic (exact) mass is 245 g/mol. The summed E-state index contributed by atoms with van der Waals surface area (Å²) in [4.78, 5) is 9.06. The molecule has 0 atom stereocenters. The minimum atomic E-state index is 0.741. The Hall–Kier alpha value is -1.91. The van der Waals surface area contributed by atoms with Crippen molar-refractivity contribution in [3.8, 4) is 11.4 Å². The van der Waals surface area contributed by atoms with Crippen LogP contribution in [0.5, 0.6) is 0 Å². The summed E-state index contributed by atoms with van der Waals surface area (Å²) in [5, 5.41) is 7.49. The summed E-state index contributed by atoms with van der Waals surface area (Å²) in [5.41, 5.74) is 2.01. The third-order valence-corrected chi connectivity index (χ3v) is 2.71. The number of hydrogen-bond acceptors (Lipinski definition) is 4. The average molecular weight is 245 g/mol. The van der Waals surface area contributed by atoms with E-state index in [4.69, 9.17) is 0 Å². The fraction of sp³-hybridized carbons (Fsp3) is 0.462. The summed E-state index contributed by atoms with van der Waals surface area (Å²) in [6.07, 6.45) is 4.69. The van der Waals surface area contributed by atoms with Gasteiger partial charge in [-0.05, 0) is 20.3 Å². The molecule has 0 aliphatic carbocycles. The molecule has 2 aromatic rings. The van der Waals surface area contributed by atoms with Crippen molar-refractivity contribution < 1.29 is 0 Å². The van der Waals surface area contributed by atoms with Crippen molar-refractivity contribution in [1.82, 2.24) is 19.7 Å². The second kappa shape index (κ2) is 5.62. The van der Waals surface area contributed by atoms with E-state index in [1.807, 2.05) is 23.1 Å². The Morgan fingerprint density at radius 1 is 1.22 bits per heavy atom. The van der Waals surface area contributed by atoms with Crippen molar-refractivity contribution in [1.29, 1.82) is 0 Å². The topological polar surface area (TPSA) is 55.6 Å². The van der Waals surface area contributed by atoms with Gasteiger partial charge in [-0.2, -0.15) is 5.10 Å². The van der Waals surface area contributed by atoms with Crippen LogP contribution in [-0.2, 0) is 13.0 Å². The lowest BCUT2D eigenvalue weighted by molar-refractivity contribution is 0.660. The molecule has 0 unspecified atom stereocenters. The van der Waals surface area contributed by atoms with Crippen LogP contribution in [0.2, 0.25) is 0 Å². The van der Waals surface area contributed by atoms with E-state index in [-0.39, 0.29) is 0 Å². The first-order valence-corrected chi connectivity index (χ1v) is 6.41. The van der Waals surface area contributed by atoms with Gasteiger partial charge in [0.05, 0.1) is 11.8 Å². The third-order valence-electron chi connectivity index (χ3n) is 2.71. The molecule has 0 fully saturated rings. The first-order valence-electron chi connectivity index (χ1n) is 6.41.